The van der Waals surface area contributed by atoms with E-state index in [1.54, 1.807) is 0 Å². The monoisotopic (exact) mass is 335 g/mol. The van der Waals surface area contributed by atoms with Crippen molar-refractivity contribution in [1.29, 1.82) is 0 Å². The van der Waals surface area contributed by atoms with Gasteiger partial charge in [0.2, 0.25) is 10.0 Å². The summed E-state index contributed by atoms with van der Waals surface area (Å²) in [7, 11) is -1.62. The molecule has 10 heteroatoms. The Hall–Kier alpha value is -1.39. The van der Waals surface area contributed by atoms with Gasteiger partial charge in [0.25, 0.3) is 5.91 Å². The van der Waals surface area contributed by atoms with Crippen molar-refractivity contribution in [2.75, 3.05) is 36.5 Å². The van der Waals surface area contributed by atoms with Gasteiger partial charge in [-0.15, -0.1) is 0 Å². The molecule has 1 aromatic heterocycles. The summed E-state index contributed by atoms with van der Waals surface area (Å²) < 4.78 is 21.5. The van der Waals surface area contributed by atoms with Crippen LogP contribution in [0.4, 0.5) is 10.9 Å². The number of carbonyl (C=O) groups excluding carboxylic acids is 1. The summed E-state index contributed by atoms with van der Waals surface area (Å²) in [5.41, 5.74) is 5.75. The maximum Gasteiger partial charge on any atom is 0.265 e. The first-order valence-electron chi connectivity index (χ1n) is 6.50. The van der Waals surface area contributed by atoms with E-state index in [9.17, 15) is 13.2 Å². The van der Waals surface area contributed by atoms with Gasteiger partial charge in [-0.1, -0.05) is 18.3 Å². The predicted octanol–water partition coefficient (Wildman–Crippen LogP) is -0.0201. The Bertz CT molecular complexity index is 585. The van der Waals surface area contributed by atoms with Gasteiger partial charge in [0.15, 0.2) is 5.13 Å². The minimum atomic E-state index is -3.50. The average molecular weight is 335 g/mol. The van der Waals surface area contributed by atoms with Crippen LogP contribution in [0.1, 0.15) is 29.4 Å². The molecule has 1 heterocycles. The van der Waals surface area contributed by atoms with Gasteiger partial charge in [0.05, 0.1) is 5.75 Å². The zero-order valence-corrected chi connectivity index (χ0v) is 13.8. The quantitative estimate of drug-likeness (QED) is 0.572. The van der Waals surface area contributed by atoms with E-state index in [1.807, 2.05) is 18.9 Å². The number of hydrogen-bond acceptors (Lipinski definition) is 7. The molecule has 1 aromatic rings. The minimum absolute atomic E-state index is 0.171. The lowest BCUT2D eigenvalue weighted by Crippen LogP contribution is -2.27. The Morgan fingerprint density at radius 1 is 1.48 bits per heavy atom. The van der Waals surface area contributed by atoms with E-state index in [-0.39, 0.29) is 30.4 Å². The molecule has 120 valence electrons. The summed E-state index contributed by atoms with van der Waals surface area (Å²) in [4.78, 5) is 18.4. The number of nitrogens with zero attached hydrogens (tertiary/aromatic N) is 2. The number of nitrogen functional groups attached to an aromatic ring is 1. The molecule has 0 radical (unpaired) electrons. The fourth-order valence-electron chi connectivity index (χ4n) is 1.63. The second-order valence-electron chi connectivity index (χ2n) is 4.61. The van der Waals surface area contributed by atoms with Gasteiger partial charge in [-0.25, -0.2) is 18.5 Å². The highest BCUT2D eigenvalue weighted by Crippen LogP contribution is 2.27. The normalized spacial score (nSPS) is 11.4. The molecule has 8 nitrogen and oxygen atoms in total. The Labute approximate surface area is 128 Å². The molecule has 0 atom stereocenters. The van der Waals surface area contributed by atoms with E-state index in [1.165, 1.54) is 11.3 Å². The number of primary sulfonamides is 1. The van der Waals surface area contributed by atoms with E-state index in [0.29, 0.717) is 10.0 Å². The number of nitrogens with one attached hydrogen (secondary N) is 1. The molecule has 0 bridgehead atoms. The van der Waals surface area contributed by atoms with Crippen LogP contribution in [0.25, 0.3) is 0 Å². The fourth-order valence-corrected chi connectivity index (χ4v) is 3.07. The summed E-state index contributed by atoms with van der Waals surface area (Å²) in [6.07, 6.45) is 1.22. The molecule has 1 rings (SSSR count). The number of amides is 1. The van der Waals surface area contributed by atoms with Crippen molar-refractivity contribution in [2.45, 2.75) is 19.8 Å². The standard InChI is InChI=1S/C11H21N5O3S2/c1-3-6-16(2)11-15-9(12)8(20-11)10(17)14-5-4-7-21(13,18)19/h3-7,12H2,1-2H3,(H,14,17)(H2,13,18,19). The molecule has 0 aliphatic heterocycles. The predicted molar refractivity (Wildman–Crippen MR) is 85.0 cm³/mol. The second kappa shape index (κ2) is 7.57. The number of rotatable bonds is 8. The Balaban J connectivity index is 2.58. The molecule has 5 N–H and O–H groups in total. The number of hydrogen-bond donors (Lipinski definition) is 3. The first kappa shape index (κ1) is 17.7. The van der Waals surface area contributed by atoms with Crippen LogP contribution in [0.3, 0.4) is 0 Å². The molecule has 0 aromatic carbocycles. The maximum atomic E-state index is 12.0. The zero-order chi connectivity index (χ0) is 16.0. The van der Waals surface area contributed by atoms with Gasteiger partial charge < -0.3 is 16.0 Å². The molecule has 0 unspecified atom stereocenters. The average Bonchev–Trinajstić information content (AvgIpc) is 2.76. The summed E-state index contributed by atoms with van der Waals surface area (Å²) in [6, 6.07) is 0. The van der Waals surface area contributed by atoms with E-state index in [2.05, 4.69) is 10.3 Å². The summed E-state index contributed by atoms with van der Waals surface area (Å²) in [5.74, 6) is -0.340. The topological polar surface area (TPSA) is 131 Å². The SMILES string of the molecule is CCCN(C)c1nc(N)c(C(=O)NCCCS(N)(=O)=O)s1. The maximum absolute atomic E-state index is 12.0. The van der Waals surface area contributed by atoms with Gasteiger partial charge in [-0.05, 0) is 12.8 Å². The van der Waals surface area contributed by atoms with Crippen LogP contribution in [0.15, 0.2) is 0 Å². The highest BCUT2D eigenvalue weighted by atomic mass is 32.2. The second-order valence-corrected chi connectivity index (χ2v) is 7.32. The number of nitrogens with two attached hydrogens (primary N) is 2. The van der Waals surface area contributed by atoms with Crippen LogP contribution in [0.2, 0.25) is 0 Å². The minimum Gasteiger partial charge on any atom is -0.382 e. The van der Waals surface area contributed by atoms with Crippen LogP contribution in [-0.2, 0) is 10.0 Å². The van der Waals surface area contributed by atoms with Crippen LogP contribution in [0.5, 0.6) is 0 Å². The van der Waals surface area contributed by atoms with Gasteiger partial charge >= 0.3 is 0 Å². The van der Waals surface area contributed by atoms with Crippen LogP contribution < -0.4 is 21.1 Å². The third-order valence-corrected chi connectivity index (χ3v) is 4.67. The Morgan fingerprint density at radius 3 is 2.71 bits per heavy atom. The smallest absolute Gasteiger partial charge is 0.265 e. The number of aromatic nitrogens is 1. The summed E-state index contributed by atoms with van der Waals surface area (Å²) in [6.45, 7) is 3.09. The molecule has 21 heavy (non-hydrogen) atoms. The van der Waals surface area contributed by atoms with Crippen molar-refractivity contribution in [3.05, 3.63) is 4.88 Å². The molecule has 0 aliphatic rings. The molecule has 1 amide bonds. The van der Waals surface area contributed by atoms with E-state index >= 15 is 0 Å². The van der Waals surface area contributed by atoms with E-state index in [4.69, 9.17) is 10.9 Å². The summed E-state index contributed by atoms with van der Waals surface area (Å²) >= 11 is 1.21. The molecule has 0 saturated carbocycles. The third kappa shape index (κ3) is 5.86. The highest BCUT2D eigenvalue weighted by molar-refractivity contribution is 7.89. The van der Waals surface area contributed by atoms with E-state index < -0.39 is 10.0 Å². The van der Waals surface area contributed by atoms with Gasteiger partial charge in [-0.2, -0.15) is 0 Å². The summed E-state index contributed by atoms with van der Waals surface area (Å²) in [5, 5.41) is 8.17. The van der Waals surface area contributed by atoms with E-state index in [0.717, 1.165) is 13.0 Å². The lowest BCUT2D eigenvalue weighted by Gasteiger charge is -2.13. The first-order chi connectivity index (χ1) is 9.74. The van der Waals surface area contributed by atoms with Crippen molar-refractivity contribution in [1.82, 2.24) is 10.3 Å². The molecule has 0 saturated heterocycles. The highest BCUT2D eigenvalue weighted by Gasteiger charge is 2.17. The van der Waals surface area contributed by atoms with Gasteiger partial charge in [0, 0.05) is 20.1 Å². The third-order valence-electron chi connectivity index (χ3n) is 2.63. The van der Waals surface area contributed by atoms with Crippen LogP contribution in [-0.4, -0.2) is 45.2 Å². The molecular weight excluding hydrogens is 314 g/mol. The number of anilines is 2. The lowest BCUT2D eigenvalue weighted by molar-refractivity contribution is 0.0958. The largest absolute Gasteiger partial charge is 0.382 e. The lowest BCUT2D eigenvalue weighted by atomic mass is 10.4. The van der Waals surface area contributed by atoms with Crippen molar-refractivity contribution in [2.24, 2.45) is 5.14 Å². The van der Waals surface area contributed by atoms with Crippen molar-refractivity contribution < 1.29 is 13.2 Å². The molecule has 0 spiro atoms. The molecule has 0 aliphatic carbocycles. The fraction of sp³-hybridized carbons (Fsp3) is 0.636. The molecular formula is C11H21N5O3S2. The van der Waals surface area contributed by atoms with Crippen molar-refractivity contribution in [3.8, 4) is 0 Å². The van der Waals surface area contributed by atoms with Crippen LogP contribution >= 0.6 is 11.3 Å². The number of sulfonamides is 1. The van der Waals surface area contributed by atoms with Crippen molar-refractivity contribution >= 4 is 38.2 Å². The number of thiazole rings is 1. The number of carbonyl (C=O) groups is 1. The van der Waals surface area contributed by atoms with Gasteiger partial charge in [0.1, 0.15) is 10.7 Å². The Morgan fingerprint density at radius 2 is 2.14 bits per heavy atom. The van der Waals surface area contributed by atoms with Crippen molar-refractivity contribution in [3.63, 3.8) is 0 Å². The zero-order valence-electron chi connectivity index (χ0n) is 12.1. The molecule has 0 fully saturated rings. The van der Waals surface area contributed by atoms with Gasteiger partial charge in [-0.3, -0.25) is 4.79 Å². The first-order valence-corrected chi connectivity index (χ1v) is 9.04. The van der Waals surface area contributed by atoms with Crippen LogP contribution in [0, 0.1) is 0 Å². The Kier molecular flexibility index (Phi) is 6.37.